The van der Waals surface area contributed by atoms with Gasteiger partial charge in [-0.05, 0) is 53.5 Å². The maximum absolute atomic E-state index is 13.3. The molecule has 0 saturated heterocycles. The Morgan fingerprint density at radius 3 is 2.76 bits per heavy atom. The molecule has 7 nitrogen and oxygen atoms in total. The van der Waals surface area contributed by atoms with Crippen LogP contribution in [0.15, 0.2) is 43.1 Å². The second-order valence-electron chi connectivity index (χ2n) is 6.96. The number of fused-ring (bicyclic) bond motifs is 1. The van der Waals surface area contributed by atoms with E-state index in [-0.39, 0.29) is 22.9 Å². The average molecular weight is 597 g/mol. The highest BCUT2D eigenvalue weighted by molar-refractivity contribution is 9.10. The molecule has 0 N–H and O–H groups in total. The predicted molar refractivity (Wildman–Crippen MR) is 137 cm³/mol. The molecule has 3 rings (SSSR count). The number of aromatic nitrogens is 2. The Hall–Kier alpha value is -2.41. The van der Waals surface area contributed by atoms with Crippen LogP contribution in [0.2, 0.25) is 5.02 Å². The third-order valence-corrected chi connectivity index (χ3v) is 6.61. The van der Waals surface area contributed by atoms with Crippen LogP contribution in [0.1, 0.15) is 38.1 Å². The van der Waals surface area contributed by atoms with Crippen LogP contribution >= 0.6 is 43.5 Å². The van der Waals surface area contributed by atoms with E-state index in [0.717, 1.165) is 17.3 Å². The summed E-state index contributed by atoms with van der Waals surface area (Å²) in [7, 11) is 0. The van der Waals surface area contributed by atoms with Gasteiger partial charge in [-0.25, -0.2) is 4.98 Å². The minimum absolute atomic E-state index is 0.172. The summed E-state index contributed by atoms with van der Waals surface area (Å²) in [5, 5.41) is 14.0. The van der Waals surface area contributed by atoms with Crippen molar-refractivity contribution in [2.75, 3.05) is 13.2 Å². The van der Waals surface area contributed by atoms with Gasteiger partial charge in [-0.15, -0.1) is 0 Å². The van der Waals surface area contributed by atoms with Gasteiger partial charge in [0.05, 0.1) is 23.7 Å². The fourth-order valence-electron chi connectivity index (χ4n) is 3.13. The first-order valence-corrected chi connectivity index (χ1v) is 12.3. The van der Waals surface area contributed by atoms with Crippen LogP contribution in [0.4, 0.5) is 0 Å². The van der Waals surface area contributed by atoms with Gasteiger partial charge in [0.2, 0.25) is 0 Å². The average Bonchev–Trinajstić information content (AvgIpc) is 2.80. The molecule has 0 aliphatic heterocycles. The molecule has 10 heteroatoms. The van der Waals surface area contributed by atoms with Crippen LogP contribution < -0.4 is 15.0 Å². The van der Waals surface area contributed by atoms with E-state index in [1.807, 2.05) is 25.1 Å². The van der Waals surface area contributed by atoms with Crippen molar-refractivity contribution in [3.8, 4) is 17.6 Å². The number of ether oxygens (including phenoxy) is 2. The molecule has 1 heterocycles. The Balaban J connectivity index is 2.14. The van der Waals surface area contributed by atoms with Crippen molar-refractivity contribution < 1.29 is 9.47 Å². The number of aryl methyl sites for hydroxylation is 1. The zero-order valence-electron chi connectivity index (χ0n) is 18.1. The quantitative estimate of drug-likeness (QED) is 0.279. The van der Waals surface area contributed by atoms with E-state index < -0.39 is 0 Å². The molecule has 2 aromatic carbocycles. The highest BCUT2D eigenvalue weighted by atomic mass is 79.9. The largest absolute Gasteiger partial charge is 0.490 e. The number of unbranched alkanes of at least 4 members (excludes halogenated alkanes) is 1. The van der Waals surface area contributed by atoms with Crippen LogP contribution in [-0.2, 0) is 6.42 Å². The van der Waals surface area contributed by atoms with Gasteiger partial charge in [-0.1, -0.05) is 40.9 Å². The van der Waals surface area contributed by atoms with Crippen LogP contribution in [0.3, 0.4) is 0 Å². The molecular weight excluding hydrogens is 576 g/mol. The summed E-state index contributed by atoms with van der Waals surface area (Å²) in [6.45, 7) is 4.11. The van der Waals surface area contributed by atoms with Crippen molar-refractivity contribution in [1.29, 1.82) is 5.26 Å². The van der Waals surface area contributed by atoms with Crippen molar-refractivity contribution in [2.45, 2.75) is 33.1 Å². The summed E-state index contributed by atoms with van der Waals surface area (Å²) >= 11 is 13.3. The smallest absolute Gasteiger partial charge is 0.282 e. The molecule has 0 unspecified atom stereocenters. The summed E-state index contributed by atoms with van der Waals surface area (Å²) in [6, 6.07) is 9.02. The van der Waals surface area contributed by atoms with E-state index in [1.54, 1.807) is 12.1 Å². The van der Waals surface area contributed by atoms with E-state index in [1.165, 1.54) is 10.9 Å². The van der Waals surface area contributed by atoms with Gasteiger partial charge < -0.3 is 9.47 Å². The standard InChI is InChI=1S/C23H21Br2ClN4O3/c1-3-5-6-19-29-17-8-7-15(24)12-16(17)23(31)30(19)28-13-14-11-18(32-4-2)22(33-10-9-27)21(26)20(14)25/h7-8,11-13H,3-6,10H2,1-2H3. The van der Waals surface area contributed by atoms with Crippen LogP contribution in [0.5, 0.6) is 11.5 Å². The predicted octanol–water partition coefficient (Wildman–Crippen LogP) is 6.10. The number of nitrogens with zero attached hydrogens (tertiary/aromatic N) is 4. The molecule has 0 amide bonds. The number of hydrogen-bond donors (Lipinski definition) is 0. The zero-order chi connectivity index (χ0) is 24.0. The maximum Gasteiger partial charge on any atom is 0.282 e. The molecule has 1 aromatic heterocycles. The van der Waals surface area contributed by atoms with Gasteiger partial charge in [0, 0.05) is 20.9 Å². The Labute approximate surface area is 213 Å². The number of hydrogen-bond acceptors (Lipinski definition) is 6. The summed E-state index contributed by atoms with van der Waals surface area (Å²) in [5.41, 5.74) is 0.947. The second kappa shape index (κ2) is 11.6. The number of halogens is 3. The Bertz CT molecular complexity index is 1300. The summed E-state index contributed by atoms with van der Waals surface area (Å²) in [5.74, 6) is 1.22. The van der Waals surface area contributed by atoms with Gasteiger partial charge in [-0.2, -0.15) is 15.0 Å². The molecule has 0 spiro atoms. The van der Waals surface area contributed by atoms with Crippen molar-refractivity contribution in [3.05, 3.63) is 60.0 Å². The molecule has 33 heavy (non-hydrogen) atoms. The highest BCUT2D eigenvalue weighted by Crippen LogP contribution is 2.42. The van der Waals surface area contributed by atoms with Gasteiger partial charge in [-0.3, -0.25) is 4.79 Å². The Kier molecular flexibility index (Phi) is 8.89. The highest BCUT2D eigenvalue weighted by Gasteiger charge is 2.18. The van der Waals surface area contributed by atoms with Crippen LogP contribution in [0, 0.1) is 11.3 Å². The van der Waals surface area contributed by atoms with E-state index in [4.69, 9.17) is 26.3 Å². The summed E-state index contributed by atoms with van der Waals surface area (Å²) in [4.78, 5) is 17.9. The third-order valence-electron chi connectivity index (χ3n) is 4.68. The third kappa shape index (κ3) is 5.75. The lowest BCUT2D eigenvalue weighted by Gasteiger charge is -2.14. The number of nitriles is 1. The molecule has 0 bridgehead atoms. The van der Waals surface area contributed by atoms with E-state index >= 15 is 0 Å². The normalized spacial score (nSPS) is 11.2. The van der Waals surface area contributed by atoms with Gasteiger partial charge in [0.1, 0.15) is 16.9 Å². The van der Waals surface area contributed by atoms with E-state index in [0.29, 0.717) is 45.5 Å². The molecule has 172 valence electrons. The molecule has 0 fully saturated rings. The minimum atomic E-state index is -0.259. The number of benzene rings is 2. The van der Waals surface area contributed by atoms with E-state index in [9.17, 15) is 4.79 Å². The Morgan fingerprint density at radius 1 is 1.27 bits per heavy atom. The lowest BCUT2D eigenvalue weighted by molar-refractivity contribution is 0.298. The lowest BCUT2D eigenvalue weighted by Crippen LogP contribution is -2.22. The van der Waals surface area contributed by atoms with Crippen molar-refractivity contribution in [2.24, 2.45) is 5.10 Å². The monoisotopic (exact) mass is 594 g/mol. The second-order valence-corrected chi connectivity index (χ2v) is 9.04. The molecule has 0 atom stereocenters. The Morgan fingerprint density at radius 2 is 2.06 bits per heavy atom. The first-order valence-electron chi connectivity index (χ1n) is 10.3. The number of rotatable bonds is 9. The van der Waals surface area contributed by atoms with Gasteiger partial charge in [0.15, 0.2) is 18.1 Å². The first kappa shape index (κ1) is 25.2. The SMILES string of the molecule is CCCCc1nc2ccc(Br)cc2c(=O)n1N=Cc1cc(OCC)c(OCC#N)c(Cl)c1Br. The molecule has 3 aromatic rings. The van der Waals surface area contributed by atoms with Crippen LogP contribution in [0.25, 0.3) is 10.9 Å². The van der Waals surface area contributed by atoms with Crippen molar-refractivity contribution >= 4 is 60.6 Å². The molecule has 0 radical (unpaired) electrons. The molecule has 0 saturated carbocycles. The van der Waals surface area contributed by atoms with E-state index in [2.05, 4.69) is 48.9 Å². The minimum Gasteiger partial charge on any atom is -0.490 e. The summed E-state index contributed by atoms with van der Waals surface area (Å²) < 4.78 is 13.7. The maximum atomic E-state index is 13.3. The lowest BCUT2D eigenvalue weighted by atomic mass is 10.2. The molecule has 0 aliphatic rings. The molecule has 0 aliphatic carbocycles. The topological polar surface area (TPSA) is 89.5 Å². The van der Waals surface area contributed by atoms with Gasteiger partial charge >= 0.3 is 0 Å². The zero-order valence-corrected chi connectivity index (χ0v) is 22.0. The fraction of sp³-hybridized carbons (Fsp3) is 0.304. The van der Waals surface area contributed by atoms with Crippen molar-refractivity contribution in [3.63, 3.8) is 0 Å². The van der Waals surface area contributed by atoms with Gasteiger partial charge in [0.25, 0.3) is 5.56 Å². The van der Waals surface area contributed by atoms with Crippen LogP contribution in [-0.4, -0.2) is 29.1 Å². The summed E-state index contributed by atoms with van der Waals surface area (Å²) in [6.07, 6.45) is 3.97. The van der Waals surface area contributed by atoms with Crippen molar-refractivity contribution in [1.82, 2.24) is 9.66 Å². The first-order chi connectivity index (χ1) is 15.9. The molecular formula is C23H21Br2ClN4O3. The fourth-order valence-corrected chi connectivity index (χ4v) is 4.15.